The Morgan fingerprint density at radius 3 is 2.60 bits per heavy atom. The van der Waals surface area contributed by atoms with Crippen LogP contribution in [0.2, 0.25) is 0 Å². The normalized spacial score (nSPS) is 21.0. The molecule has 0 aromatic carbocycles. The number of nitrogens with zero attached hydrogens (tertiary/aromatic N) is 6. The minimum atomic E-state index is -0.121. The predicted molar refractivity (Wildman–Crippen MR) is 160 cm³/mol. The molecule has 3 fully saturated rings. The standard InChI is InChI=1S/C32H40N6O4/c1-40-21-29(39)27-20-28(37-11-6-24(7-12-37)36-13-17-42-18-14-36)30-31(23-3-2-4-23)35-38(32(30)34-27)25-5-10-33-26(19-25)22-8-15-41-16-9-22/h5,8,10,19-20,23-24H,2-4,6-7,9,11-18,21H2,1H3. The molecule has 10 heteroatoms. The topological polar surface area (TPSA) is 94.8 Å². The number of hydrogen-bond acceptors (Lipinski definition) is 9. The van der Waals surface area contributed by atoms with E-state index in [2.05, 4.69) is 26.9 Å². The molecule has 10 nitrogen and oxygen atoms in total. The maximum Gasteiger partial charge on any atom is 0.206 e. The quantitative estimate of drug-likeness (QED) is 0.371. The van der Waals surface area contributed by atoms with Crippen LogP contribution in [0.5, 0.6) is 0 Å². The molecular formula is C32H40N6O4. The molecule has 0 amide bonds. The van der Waals surface area contributed by atoms with Crippen LogP contribution in [0.4, 0.5) is 5.69 Å². The SMILES string of the molecule is COCC(=O)c1cc(N2CCC(N3CCOCC3)CC2)c2c(C3CCC3)nn(-c3ccnc(C4=CCOCC4)c3)c2n1. The maximum absolute atomic E-state index is 13.2. The monoisotopic (exact) mass is 572 g/mol. The summed E-state index contributed by atoms with van der Waals surface area (Å²) in [6.45, 7) is 6.84. The highest BCUT2D eigenvalue weighted by molar-refractivity contribution is 6.02. The van der Waals surface area contributed by atoms with Crippen molar-refractivity contribution in [2.24, 2.45) is 0 Å². The number of methoxy groups -OCH3 is 1. The molecule has 1 saturated carbocycles. The lowest BCUT2D eigenvalue weighted by Crippen LogP contribution is -2.49. The fraction of sp³-hybridized carbons (Fsp3) is 0.562. The zero-order chi connectivity index (χ0) is 28.5. The van der Waals surface area contributed by atoms with Gasteiger partial charge in [0.15, 0.2) is 5.65 Å². The number of anilines is 1. The molecule has 42 heavy (non-hydrogen) atoms. The van der Waals surface area contributed by atoms with Crippen LogP contribution < -0.4 is 4.90 Å². The number of hydrogen-bond donors (Lipinski definition) is 0. The molecule has 0 N–H and O–H groups in total. The summed E-state index contributed by atoms with van der Waals surface area (Å²) in [6, 6.07) is 6.64. The van der Waals surface area contributed by atoms with Gasteiger partial charge in [-0.3, -0.25) is 14.7 Å². The van der Waals surface area contributed by atoms with Gasteiger partial charge in [-0.05, 0) is 55.9 Å². The number of fused-ring (bicyclic) bond motifs is 1. The van der Waals surface area contributed by atoms with Gasteiger partial charge in [0.25, 0.3) is 0 Å². The van der Waals surface area contributed by atoms with Gasteiger partial charge in [0.1, 0.15) is 12.3 Å². The smallest absolute Gasteiger partial charge is 0.206 e. The van der Waals surface area contributed by atoms with Crippen LogP contribution in [0, 0.1) is 0 Å². The molecule has 7 rings (SSSR count). The molecule has 0 radical (unpaired) electrons. The van der Waals surface area contributed by atoms with E-state index in [4.69, 9.17) is 24.3 Å². The molecule has 3 aromatic heterocycles. The summed E-state index contributed by atoms with van der Waals surface area (Å²) in [6.07, 6.45) is 10.4. The first-order valence-electron chi connectivity index (χ1n) is 15.5. The molecule has 6 heterocycles. The van der Waals surface area contributed by atoms with Gasteiger partial charge in [-0.2, -0.15) is 5.10 Å². The lowest BCUT2D eigenvalue weighted by molar-refractivity contribution is 0.0115. The van der Waals surface area contributed by atoms with Crippen LogP contribution in [0.15, 0.2) is 30.5 Å². The van der Waals surface area contributed by atoms with Gasteiger partial charge in [-0.15, -0.1) is 0 Å². The first-order valence-corrected chi connectivity index (χ1v) is 15.5. The van der Waals surface area contributed by atoms with Crippen molar-refractivity contribution in [1.29, 1.82) is 0 Å². The van der Waals surface area contributed by atoms with Crippen molar-refractivity contribution in [3.8, 4) is 5.69 Å². The number of ether oxygens (including phenoxy) is 3. The fourth-order valence-electron chi connectivity index (χ4n) is 6.77. The average Bonchev–Trinajstić information content (AvgIpc) is 3.40. The van der Waals surface area contributed by atoms with Crippen molar-refractivity contribution in [3.63, 3.8) is 0 Å². The number of rotatable bonds is 8. The van der Waals surface area contributed by atoms with E-state index in [1.807, 2.05) is 23.0 Å². The number of aromatic nitrogens is 4. The highest BCUT2D eigenvalue weighted by atomic mass is 16.5. The molecule has 0 atom stereocenters. The Labute approximate surface area is 246 Å². The summed E-state index contributed by atoms with van der Waals surface area (Å²) in [4.78, 5) is 27.9. The summed E-state index contributed by atoms with van der Waals surface area (Å²) in [5, 5.41) is 6.33. The van der Waals surface area contributed by atoms with Gasteiger partial charge < -0.3 is 19.1 Å². The van der Waals surface area contributed by atoms with E-state index in [9.17, 15) is 4.79 Å². The second-order valence-electron chi connectivity index (χ2n) is 11.8. The maximum atomic E-state index is 13.2. The summed E-state index contributed by atoms with van der Waals surface area (Å²) in [5.74, 6) is 0.282. The molecule has 4 aliphatic rings. The summed E-state index contributed by atoms with van der Waals surface area (Å²) >= 11 is 0. The summed E-state index contributed by atoms with van der Waals surface area (Å²) in [5.41, 5.74) is 6.37. The number of ketones is 1. The first kappa shape index (κ1) is 27.6. The van der Waals surface area contributed by atoms with Crippen LogP contribution in [0.1, 0.15) is 66.3 Å². The molecule has 2 saturated heterocycles. The molecule has 0 spiro atoms. The molecule has 0 unspecified atom stereocenters. The number of carbonyl (C=O) groups is 1. The Bertz CT molecular complexity index is 1470. The number of carbonyl (C=O) groups excluding carboxylic acids is 1. The van der Waals surface area contributed by atoms with Gasteiger partial charge in [-0.25, -0.2) is 9.67 Å². The molecule has 222 valence electrons. The third kappa shape index (κ3) is 5.37. The first-order chi connectivity index (χ1) is 20.7. The molecule has 3 aliphatic heterocycles. The van der Waals surface area contributed by atoms with E-state index in [1.165, 1.54) is 12.0 Å². The van der Waals surface area contributed by atoms with Crippen molar-refractivity contribution in [1.82, 2.24) is 24.6 Å². The van der Waals surface area contributed by atoms with Gasteiger partial charge >= 0.3 is 0 Å². The van der Waals surface area contributed by atoms with Crippen LogP contribution >= 0.6 is 0 Å². The Morgan fingerprint density at radius 1 is 1.05 bits per heavy atom. The molecule has 1 aliphatic carbocycles. The zero-order valence-electron chi connectivity index (χ0n) is 24.5. The predicted octanol–water partition coefficient (Wildman–Crippen LogP) is 4.02. The van der Waals surface area contributed by atoms with Crippen molar-refractivity contribution in [2.45, 2.75) is 50.5 Å². The van der Waals surface area contributed by atoms with Crippen molar-refractivity contribution in [2.75, 3.05) is 71.2 Å². The van der Waals surface area contributed by atoms with Crippen molar-refractivity contribution >= 4 is 28.1 Å². The Balaban J connectivity index is 1.31. The van der Waals surface area contributed by atoms with Gasteiger partial charge in [0.2, 0.25) is 5.78 Å². The summed E-state index contributed by atoms with van der Waals surface area (Å²) < 4.78 is 18.3. The minimum Gasteiger partial charge on any atom is -0.379 e. The highest BCUT2D eigenvalue weighted by Gasteiger charge is 2.32. The Kier molecular flexibility index (Phi) is 8.03. The average molecular weight is 573 g/mol. The zero-order valence-corrected chi connectivity index (χ0v) is 24.5. The Hall–Kier alpha value is -3.18. The van der Waals surface area contributed by atoms with Crippen LogP contribution in [-0.2, 0) is 14.2 Å². The second-order valence-corrected chi connectivity index (χ2v) is 11.8. The van der Waals surface area contributed by atoms with E-state index in [0.717, 1.165) is 105 Å². The molecular weight excluding hydrogens is 532 g/mol. The molecule has 0 bridgehead atoms. The van der Waals surface area contributed by atoms with E-state index in [0.29, 0.717) is 30.9 Å². The van der Waals surface area contributed by atoms with Crippen molar-refractivity contribution in [3.05, 3.63) is 47.6 Å². The lowest BCUT2D eigenvalue weighted by Gasteiger charge is -2.41. The molecule has 3 aromatic rings. The minimum absolute atomic E-state index is 0.00367. The second kappa shape index (κ2) is 12.2. The van der Waals surface area contributed by atoms with Gasteiger partial charge in [-0.1, -0.05) is 12.5 Å². The van der Waals surface area contributed by atoms with E-state index >= 15 is 0 Å². The van der Waals surface area contributed by atoms with E-state index < -0.39 is 0 Å². The fourth-order valence-corrected chi connectivity index (χ4v) is 6.77. The number of morpholine rings is 1. The Morgan fingerprint density at radius 2 is 1.88 bits per heavy atom. The van der Waals surface area contributed by atoms with Gasteiger partial charge in [0, 0.05) is 51.4 Å². The van der Waals surface area contributed by atoms with Crippen molar-refractivity contribution < 1.29 is 19.0 Å². The summed E-state index contributed by atoms with van der Waals surface area (Å²) in [7, 11) is 1.55. The van der Waals surface area contributed by atoms with E-state index in [-0.39, 0.29) is 12.4 Å². The number of pyridine rings is 2. The number of Topliss-reactive ketones (excluding diaryl/α,β-unsaturated/α-hetero) is 1. The largest absolute Gasteiger partial charge is 0.379 e. The highest BCUT2D eigenvalue weighted by Crippen LogP contribution is 2.43. The third-order valence-electron chi connectivity index (χ3n) is 9.34. The van der Waals surface area contributed by atoms with Crippen LogP contribution in [0.3, 0.4) is 0 Å². The van der Waals surface area contributed by atoms with Crippen LogP contribution in [0.25, 0.3) is 22.3 Å². The third-order valence-corrected chi connectivity index (χ3v) is 9.34. The van der Waals surface area contributed by atoms with Crippen LogP contribution in [-0.4, -0.2) is 103 Å². The van der Waals surface area contributed by atoms with Gasteiger partial charge in [0.05, 0.1) is 54.6 Å². The lowest BCUT2D eigenvalue weighted by atomic mass is 9.82. The van der Waals surface area contributed by atoms with E-state index in [1.54, 1.807) is 7.11 Å². The number of piperidine rings is 1.